The van der Waals surface area contributed by atoms with Gasteiger partial charge in [-0.3, -0.25) is 9.59 Å². The van der Waals surface area contributed by atoms with Gasteiger partial charge >= 0.3 is 0 Å². The van der Waals surface area contributed by atoms with Crippen molar-refractivity contribution in [3.05, 3.63) is 41.3 Å². The molecule has 172 valence electrons. The molecule has 32 heavy (non-hydrogen) atoms. The number of piperidine rings is 1. The Morgan fingerprint density at radius 3 is 2.22 bits per heavy atom. The lowest BCUT2D eigenvalue weighted by Crippen LogP contribution is -2.54. The highest BCUT2D eigenvalue weighted by molar-refractivity contribution is 7.18. The lowest BCUT2D eigenvalue weighted by atomic mass is 9.82. The fraction of sp³-hybridized carbons (Fsp3) is 0.538. The molecule has 0 spiro atoms. The van der Waals surface area contributed by atoms with Crippen LogP contribution in [0.4, 0.5) is 5.69 Å². The third-order valence-corrected chi connectivity index (χ3v) is 8.54. The summed E-state index contributed by atoms with van der Waals surface area (Å²) < 4.78 is 0.973. The molecule has 2 fully saturated rings. The first-order chi connectivity index (χ1) is 15.2. The summed E-state index contributed by atoms with van der Waals surface area (Å²) in [6, 6.07) is 12.2. The summed E-state index contributed by atoms with van der Waals surface area (Å²) in [4.78, 5) is 29.9. The molecule has 1 aliphatic carbocycles. The molecule has 4 rings (SSSR count). The van der Waals surface area contributed by atoms with Gasteiger partial charge in [0.1, 0.15) is 4.88 Å². The zero-order valence-electron chi connectivity index (χ0n) is 19.5. The summed E-state index contributed by atoms with van der Waals surface area (Å²) in [7, 11) is 4.50. The number of benzene rings is 1. The number of amides is 2. The van der Waals surface area contributed by atoms with Crippen LogP contribution in [0.5, 0.6) is 0 Å². The maximum atomic E-state index is 14.0. The van der Waals surface area contributed by atoms with E-state index in [-0.39, 0.29) is 17.9 Å². The second kappa shape index (κ2) is 9.36. The quantitative estimate of drug-likeness (QED) is 0.652. The van der Waals surface area contributed by atoms with Crippen molar-refractivity contribution >= 4 is 28.8 Å². The first-order valence-electron chi connectivity index (χ1n) is 11.9. The summed E-state index contributed by atoms with van der Waals surface area (Å²) in [6.45, 7) is 4.32. The largest absolute Gasteiger partial charge is 0.365 e. The van der Waals surface area contributed by atoms with Gasteiger partial charge in [0.2, 0.25) is 5.91 Å². The molecule has 0 radical (unpaired) electrons. The van der Waals surface area contributed by atoms with E-state index in [0.717, 1.165) is 72.2 Å². The molecule has 0 atom stereocenters. The predicted octanol–water partition coefficient (Wildman–Crippen LogP) is 4.91. The molecule has 1 aromatic carbocycles. The Morgan fingerprint density at radius 1 is 1.00 bits per heavy atom. The van der Waals surface area contributed by atoms with Crippen molar-refractivity contribution in [2.75, 3.05) is 32.1 Å². The molecule has 1 saturated heterocycles. The van der Waals surface area contributed by atoms with Crippen molar-refractivity contribution in [2.45, 2.75) is 51.5 Å². The molecule has 1 aliphatic heterocycles. The summed E-state index contributed by atoms with van der Waals surface area (Å²) >= 11 is 1.40. The minimum absolute atomic E-state index is 0.0384. The molecule has 2 aliphatic rings. The second-order valence-corrected chi connectivity index (χ2v) is 11.4. The topological polar surface area (TPSA) is 63.4 Å². The fourth-order valence-corrected chi connectivity index (χ4v) is 6.20. The van der Waals surface area contributed by atoms with Gasteiger partial charge in [0.05, 0.1) is 32.9 Å². The molecule has 0 bridgehead atoms. The van der Waals surface area contributed by atoms with Gasteiger partial charge < -0.3 is 15.1 Å². The van der Waals surface area contributed by atoms with Crippen LogP contribution >= 0.6 is 11.3 Å². The first-order valence-corrected chi connectivity index (χ1v) is 12.7. The summed E-state index contributed by atoms with van der Waals surface area (Å²) in [5.41, 5.74) is 7.62. The van der Waals surface area contributed by atoms with Gasteiger partial charge in [-0.15, -0.1) is 11.3 Å². The number of likely N-dealkylation sites (tertiary alicyclic amines) is 1. The van der Waals surface area contributed by atoms with Gasteiger partial charge in [0, 0.05) is 29.7 Å². The smallest absolute Gasteiger partial charge is 0.260 e. The highest BCUT2D eigenvalue weighted by Gasteiger charge is 2.38. The van der Waals surface area contributed by atoms with Gasteiger partial charge in [-0.2, -0.15) is 0 Å². The monoisotopic (exact) mass is 454 g/mol. The van der Waals surface area contributed by atoms with E-state index in [0.29, 0.717) is 10.8 Å². The lowest BCUT2D eigenvalue weighted by molar-refractivity contribution is -0.895. The number of hydrogen-bond donors (Lipinski definition) is 1. The van der Waals surface area contributed by atoms with E-state index in [1.807, 2.05) is 41.3 Å². The molecule has 0 unspecified atom stereocenters. The van der Waals surface area contributed by atoms with E-state index in [9.17, 15) is 9.59 Å². The zero-order valence-corrected chi connectivity index (χ0v) is 20.4. The van der Waals surface area contributed by atoms with Crippen LogP contribution in [0.25, 0.3) is 10.4 Å². The van der Waals surface area contributed by atoms with Crippen molar-refractivity contribution in [3.63, 3.8) is 0 Å². The summed E-state index contributed by atoms with van der Waals surface area (Å²) in [6.07, 6.45) is 5.95. The Morgan fingerprint density at radius 2 is 1.62 bits per heavy atom. The number of hydrogen-bond acceptors (Lipinski definition) is 3. The van der Waals surface area contributed by atoms with Crippen molar-refractivity contribution in [3.8, 4) is 10.4 Å². The van der Waals surface area contributed by atoms with Crippen molar-refractivity contribution in [1.29, 1.82) is 0 Å². The van der Waals surface area contributed by atoms with E-state index in [1.54, 1.807) is 0 Å². The Kier molecular flexibility index (Phi) is 6.72. The van der Waals surface area contributed by atoms with Crippen LogP contribution in [0.3, 0.4) is 0 Å². The Labute approximate surface area is 195 Å². The number of anilines is 1. The van der Waals surface area contributed by atoms with Crippen LogP contribution in [-0.4, -0.2) is 49.5 Å². The number of carbonyl (C=O) groups is 2. The molecule has 2 N–H and O–H groups in total. The van der Waals surface area contributed by atoms with Crippen molar-refractivity contribution in [2.24, 2.45) is 17.6 Å². The standard InChI is InChI=1S/C26H35N3O2S/c1-18-9-11-20(12-10-18)26(31)28(21-13-15-29(2,3)16-14-21)22-17-23(32-24(22)25(27)30)19-7-5-4-6-8-19/h4-8,17-18,20-21H,9-16H2,1-3H3,(H-,27,30)/p+1. The van der Waals surface area contributed by atoms with Crippen LogP contribution in [0.2, 0.25) is 0 Å². The fourth-order valence-electron chi connectivity index (χ4n) is 5.19. The maximum Gasteiger partial charge on any atom is 0.260 e. The van der Waals surface area contributed by atoms with Gasteiger partial charge in [0.15, 0.2) is 0 Å². The van der Waals surface area contributed by atoms with Gasteiger partial charge in [-0.25, -0.2) is 0 Å². The van der Waals surface area contributed by atoms with Crippen LogP contribution in [0.1, 0.15) is 55.1 Å². The number of thiophene rings is 1. The average Bonchev–Trinajstić information content (AvgIpc) is 3.21. The molecule has 6 heteroatoms. The average molecular weight is 455 g/mol. The lowest BCUT2D eigenvalue weighted by Gasteiger charge is -2.42. The predicted molar refractivity (Wildman–Crippen MR) is 132 cm³/mol. The van der Waals surface area contributed by atoms with Gasteiger partial charge in [-0.05, 0) is 43.2 Å². The summed E-state index contributed by atoms with van der Waals surface area (Å²) in [5, 5.41) is 0. The number of primary amides is 1. The van der Waals surface area contributed by atoms with Crippen LogP contribution in [-0.2, 0) is 4.79 Å². The van der Waals surface area contributed by atoms with E-state index in [2.05, 4.69) is 21.0 Å². The van der Waals surface area contributed by atoms with Crippen molar-refractivity contribution < 1.29 is 14.1 Å². The highest BCUT2D eigenvalue weighted by Crippen LogP contribution is 2.41. The van der Waals surface area contributed by atoms with E-state index >= 15 is 0 Å². The van der Waals surface area contributed by atoms with Gasteiger partial charge in [0.25, 0.3) is 5.91 Å². The number of rotatable bonds is 5. The van der Waals surface area contributed by atoms with Crippen LogP contribution in [0.15, 0.2) is 36.4 Å². The minimum atomic E-state index is -0.450. The molecule has 2 heterocycles. The Balaban J connectivity index is 1.73. The molecule has 2 amide bonds. The van der Waals surface area contributed by atoms with Crippen molar-refractivity contribution in [1.82, 2.24) is 0 Å². The molecule has 5 nitrogen and oxygen atoms in total. The van der Waals surface area contributed by atoms with E-state index < -0.39 is 5.91 Å². The number of nitrogens with two attached hydrogens (primary N) is 1. The third kappa shape index (κ3) is 4.91. The second-order valence-electron chi connectivity index (χ2n) is 10.3. The Hall–Kier alpha value is -2.18. The van der Waals surface area contributed by atoms with Crippen LogP contribution < -0.4 is 10.6 Å². The third-order valence-electron chi connectivity index (χ3n) is 7.36. The molecule has 1 saturated carbocycles. The number of quaternary nitrogens is 1. The van der Waals surface area contributed by atoms with Crippen LogP contribution in [0, 0.1) is 11.8 Å². The molecule has 2 aromatic rings. The van der Waals surface area contributed by atoms with E-state index in [1.165, 1.54) is 11.3 Å². The molecular weight excluding hydrogens is 418 g/mol. The zero-order chi connectivity index (χ0) is 22.9. The normalized spacial score (nSPS) is 23.6. The molecule has 1 aromatic heterocycles. The number of nitrogens with zero attached hydrogens (tertiary/aromatic N) is 2. The number of carbonyl (C=O) groups excluding carboxylic acids is 2. The maximum absolute atomic E-state index is 14.0. The SMILES string of the molecule is CC1CCC(C(=O)N(c2cc(-c3ccccc3)sc2C(N)=O)C2CC[N+](C)(C)CC2)CC1. The van der Waals surface area contributed by atoms with E-state index in [4.69, 9.17) is 5.73 Å². The summed E-state index contributed by atoms with van der Waals surface area (Å²) in [5.74, 6) is 0.465. The Bertz CT molecular complexity index is 951. The molecular formula is C26H36N3O2S+. The highest BCUT2D eigenvalue weighted by atomic mass is 32.1. The van der Waals surface area contributed by atoms with Gasteiger partial charge in [-0.1, -0.05) is 37.3 Å². The first kappa shape index (κ1) is 23.0. The minimum Gasteiger partial charge on any atom is -0.365 e.